The zero-order chi connectivity index (χ0) is 16.3. The Bertz CT molecular complexity index is 868. The standard InChI is InChI=1S/C11H11N5O5S.Na/c1-6-8(10(18)14-11(19)13-6)22(20,21)16-15-9(17)7-2-4-12-5-3-7;/h2-5,16H,1H3,(H,15,17)(H2,13,14,18,19);/q;+1/p-1. The molecule has 0 radical (unpaired) electrons. The number of carbonyl (C=O) groups is 1. The molecular formula is C11H10N5NaO5S. The second-order valence-corrected chi connectivity index (χ2v) is 5.70. The largest absolute Gasteiger partial charge is 1.00 e. The monoisotopic (exact) mass is 347 g/mol. The van der Waals surface area contributed by atoms with Crippen molar-refractivity contribution in [1.82, 2.24) is 25.2 Å². The van der Waals surface area contributed by atoms with Crippen molar-refractivity contribution in [3.05, 3.63) is 46.1 Å². The number of hydrazine groups is 1. The Morgan fingerprint density at radius 1 is 1.30 bits per heavy atom. The molecule has 0 aromatic carbocycles. The summed E-state index contributed by atoms with van der Waals surface area (Å²) in [5, 5.41) is 11.0. The average molecular weight is 347 g/mol. The second-order valence-electron chi connectivity index (χ2n) is 4.08. The quantitative estimate of drug-likeness (QED) is 0.370. The number of aryl methyl sites for hydroxylation is 1. The molecule has 10 nitrogen and oxygen atoms in total. The molecule has 0 saturated carbocycles. The van der Waals surface area contributed by atoms with Crippen LogP contribution in [-0.2, 0) is 10.0 Å². The van der Waals surface area contributed by atoms with Crippen LogP contribution in [0.25, 0.3) is 0 Å². The summed E-state index contributed by atoms with van der Waals surface area (Å²) in [7, 11) is -4.38. The first kappa shape index (κ1) is 19.3. The van der Waals surface area contributed by atoms with Gasteiger partial charge in [-0.15, -0.1) is 4.83 Å². The fourth-order valence-corrected chi connectivity index (χ4v) is 2.66. The van der Waals surface area contributed by atoms with Gasteiger partial charge in [0.1, 0.15) is 0 Å². The first-order chi connectivity index (χ1) is 10.3. The van der Waals surface area contributed by atoms with Crippen molar-refractivity contribution in [2.24, 2.45) is 0 Å². The van der Waals surface area contributed by atoms with Crippen molar-refractivity contribution in [1.29, 1.82) is 0 Å². The molecule has 2 aromatic heterocycles. The minimum atomic E-state index is -4.38. The summed E-state index contributed by atoms with van der Waals surface area (Å²) in [4.78, 5) is 33.1. The summed E-state index contributed by atoms with van der Waals surface area (Å²) in [6.07, 6.45) is 2.71. The van der Waals surface area contributed by atoms with Gasteiger partial charge < -0.3 is 10.1 Å². The van der Waals surface area contributed by atoms with Gasteiger partial charge in [0.25, 0.3) is 21.5 Å². The van der Waals surface area contributed by atoms with E-state index >= 15 is 0 Å². The third kappa shape index (κ3) is 4.59. The normalized spacial score (nSPS) is 10.7. The number of hydrogen-bond donors (Lipinski definition) is 3. The fourth-order valence-electron chi connectivity index (χ4n) is 1.61. The molecule has 0 saturated heterocycles. The molecule has 12 heteroatoms. The van der Waals surface area contributed by atoms with Crippen molar-refractivity contribution >= 4 is 15.9 Å². The maximum Gasteiger partial charge on any atom is 1.00 e. The van der Waals surface area contributed by atoms with Gasteiger partial charge in [-0.2, -0.15) is 0 Å². The third-order valence-electron chi connectivity index (χ3n) is 2.53. The van der Waals surface area contributed by atoms with Gasteiger partial charge in [0.15, 0.2) is 4.90 Å². The number of aromatic amines is 1. The number of pyridine rings is 1. The van der Waals surface area contributed by atoms with Gasteiger partial charge in [0.2, 0.25) is 0 Å². The predicted molar refractivity (Wildman–Crippen MR) is 71.1 cm³/mol. The van der Waals surface area contributed by atoms with Gasteiger partial charge in [-0.3, -0.25) is 20.0 Å². The van der Waals surface area contributed by atoms with Crippen LogP contribution in [-0.4, -0.2) is 29.3 Å². The van der Waals surface area contributed by atoms with Crippen LogP contribution in [0.15, 0.2) is 34.2 Å². The van der Waals surface area contributed by atoms with Crippen LogP contribution >= 0.6 is 0 Å². The molecule has 0 aliphatic heterocycles. The molecule has 0 bridgehead atoms. The minimum Gasteiger partial charge on any atom is -0.846 e. The van der Waals surface area contributed by atoms with E-state index in [1.807, 2.05) is 5.43 Å². The zero-order valence-corrected chi connectivity index (χ0v) is 15.0. The van der Waals surface area contributed by atoms with Crippen LogP contribution < -0.4 is 50.5 Å². The molecule has 2 aromatic rings. The number of nitrogens with zero attached hydrogens (tertiary/aromatic N) is 2. The Balaban J connectivity index is 0.00000264. The Morgan fingerprint density at radius 2 is 1.91 bits per heavy atom. The third-order valence-corrected chi connectivity index (χ3v) is 3.92. The van der Waals surface area contributed by atoms with Gasteiger partial charge >= 0.3 is 29.6 Å². The Hall–Kier alpha value is -1.79. The van der Waals surface area contributed by atoms with Gasteiger partial charge in [-0.05, 0) is 19.1 Å². The number of carbonyl (C=O) groups excluding carboxylic acids is 1. The molecule has 0 aliphatic rings. The molecule has 0 spiro atoms. The molecule has 116 valence electrons. The number of sulfonamides is 1. The van der Waals surface area contributed by atoms with Crippen LogP contribution in [0, 0.1) is 6.92 Å². The van der Waals surface area contributed by atoms with E-state index in [1.54, 1.807) is 9.82 Å². The van der Waals surface area contributed by atoms with E-state index < -0.39 is 32.4 Å². The average Bonchev–Trinajstić information content (AvgIpc) is 2.44. The Kier molecular flexibility index (Phi) is 6.41. The summed E-state index contributed by atoms with van der Waals surface area (Å²) < 4.78 is 24.0. The van der Waals surface area contributed by atoms with E-state index in [4.69, 9.17) is 0 Å². The molecule has 23 heavy (non-hydrogen) atoms. The van der Waals surface area contributed by atoms with Gasteiger partial charge in [0, 0.05) is 18.0 Å². The van der Waals surface area contributed by atoms with E-state index in [0.29, 0.717) is 0 Å². The number of hydrogen-bond acceptors (Lipinski definition) is 7. The topological polar surface area (TPSA) is 157 Å². The molecule has 2 rings (SSSR count). The van der Waals surface area contributed by atoms with Crippen LogP contribution in [0.4, 0.5) is 0 Å². The smallest absolute Gasteiger partial charge is 0.846 e. The number of H-pyrrole nitrogens is 1. The van der Waals surface area contributed by atoms with Crippen LogP contribution in [0.3, 0.4) is 0 Å². The summed E-state index contributed by atoms with van der Waals surface area (Å²) in [6, 6.07) is 1.78. The maximum atomic E-state index is 12.0. The van der Waals surface area contributed by atoms with Crippen molar-refractivity contribution in [3.63, 3.8) is 0 Å². The molecule has 0 fully saturated rings. The summed E-state index contributed by atoms with van der Waals surface area (Å²) in [5.74, 6) is -0.742. The number of amides is 1. The van der Waals surface area contributed by atoms with Crippen molar-refractivity contribution < 1.29 is 47.9 Å². The predicted octanol–water partition coefficient (Wildman–Crippen LogP) is -4.83. The van der Waals surface area contributed by atoms with Crippen LogP contribution in [0.1, 0.15) is 16.1 Å². The van der Waals surface area contributed by atoms with E-state index in [9.17, 15) is 23.1 Å². The SMILES string of the molecule is Cc1nc([O-])[nH]c(=O)c1S(=O)(=O)NNC(=O)c1ccncc1.[Na+]. The summed E-state index contributed by atoms with van der Waals surface area (Å²) in [5.41, 5.74) is 0.706. The Labute approximate surface area is 152 Å². The van der Waals surface area contributed by atoms with Gasteiger partial charge in [-0.1, -0.05) is 0 Å². The Morgan fingerprint density at radius 3 is 2.48 bits per heavy atom. The second kappa shape index (κ2) is 7.66. The molecule has 1 amide bonds. The molecular weight excluding hydrogens is 337 g/mol. The molecule has 0 atom stereocenters. The molecule has 3 N–H and O–H groups in total. The first-order valence-corrected chi connectivity index (χ1v) is 7.29. The van der Waals surface area contributed by atoms with E-state index in [0.717, 1.165) is 0 Å². The van der Waals surface area contributed by atoms with Crippen LogP contribution in [0.2, 0.25) is 0 Å². The minimum absolute atomic E-state index is 0. The van der Waals surface area contributed by atoms with Crippen molar-refractivity contribution in [2.45, 2.75) is 11.8 Å². The zero-order valence-electron chi connectivity index (χ0n) is 12.2. The van der Waals surface area contributed by atoms with E-state index in [1.165, 1.54) is 31.5 Å². The van der Waals surface area contributed by atoms with E-state index in [-0.39, 0.29) is 40.8 Å². The van der Waals surface area contributed by atoms with Gasteiger partial charge in [-0.25, -0.2) is 13.4 Å². The fraction of sp³-hybridized carbons (Fsp3) is 0.0909. The summed E-state index contributed by atoms with van der Waals surface area (Å²) >= 11 is 0. The van der Waals surface area contributed by atoms with E-state index in [2.05, 4.69) is 9.97 Å². The number of nitrogens with one attached hydrogen (secondary N) is 3. The van der Waals surface area contributed by atoms with Gasteiger partial charge in [0.05, 0.1) is 11.7 Å². The number of rotatable bonds is 4. The van der Waals surface area contributed by atoms with Crippen LogP contribution in [0.5, 0.6) is 6.01 Å². The summed E-state index contributed by atoms with van der Waals surface area (Å²) in [6.45, 7) is 1.19. The maximum absolute atomic E-state index is 12.0. The molecule has 2 heterocycles. The first-order valence-electron chi connectivity index (χ1n) is 5.81. The molecule has 0 unspecified atom stereocenters. The van der Waals surface area contributed by atoms with Crippen molar-refractivity contribution in [2.75, 3.05) is 0 Å². The number of aromatic nitrogens is 3. The van der Waals surface area contributed by atoms with Crippen molar-refractivity contribution in [3.8, 4) is 6.01 Å². The molecule has 0 aliphatic carbocycles.